The van der Waals surface area contributed by atoms with Crippen LogP contribution in [0.1, 0.15) is 0 Å². The summed E-state index contributed by atoms with van der Waals surface area (Å²) in [6.07, 6.45) is 0. The van der Waals surface area contributed by atoms with Crippen LogP contribution in [0.25, 0.3) is 0 Å². The molecular weight excluding hydrogens is 187 g/mol. The van der Waals surface area contributed by atoms with Gasteiger partial charge in [0.05, 0.1) is 0 Å². The number of anilines is 1. The third-order valence-electron chi connectivity index (χ3n) is 0.785. The second kappa shape index (κ2) is 2.31. The molecule has 0 saturated carbocycles. The Kier molecular flexibility index (Phi) is 1.66. The number of aromatic nitrogens is 1. The number of hydrogen-bond acceptors (Lipinski definition) is 2. The van der Waals surface area contributed by atoms with E-state index in [2.05, 4.69) is 20.9 Å². The maximum Gasteiger partial charge on any atom is 0.215 e. The highest BCUT2D eigenvalue weighted by Gasteiger charge is 1.94. The molecule has 0 bridgehead atoms. The van der Waals surface area contributed by atoms with Gasteiger partial charge in [0.1, 0.15) is 4.60 Å². The molecule has 1 heterocycles. The summed E-state index contributed by atoms with van der Waals surface area (Å²) < 4.78 is 12.6. The molecule has 0 aromatic carbocycles. The number of halogens is 2. The highest BCUT2D eigenvalue weighted by molar-refractivity contribution is 9.10. The van der Waals surface area contributed by atoms with Crippen LogP contribution in [0.4, 0.5) is 10.1 Å². The number of rotatable bonds is 0. The molecule has 2 nitrogen and oxygen atoms in total. The highest BCUT2D eigenvalue weighted by atomic mass is 79.9. The molecule has 0 saturated heterocycles. The van der Waals surface area contributed by atoms with E-state index in [0.29, 0.717) is 10.3 Å². The lowest BCUT2D eigenvalue weighted by atomic mass is 10.4. The van der Waals surface area contributed by atoms with Crippen LogP contribution in [-0.2, 0) is 0 Å². The molecule has 9 heavy (non-hydrogen) atoms. The van der Waals surface area contributed by atoms with Gasteiger partial charge in [-0.05, 0) is 22.0 Å². The average Bonchev–Trinajstić information content (AvgIpc) is 1.59. The van der Waals surface area contributed by atoms with Crippen LogP contribution < -0.4 is 5.73 Å². The van der Waals surface area contributed by atoms with Crippen molar-refractivity contribution in [1.82, 2.24) is 4.98 Å². The highest BCUT2D eigenvalue weighted by Crippen LogP contribution is 2.11. The summed E-state index contributed by atoms with van der Waals surface area (Å²) in [4.78, 5) is 3.40. The van der Waals surface area contributed by atoms with Gasteiger partial charge in [-0.25, -0.2) is 4.98 Å². The van der Waals surface area contributed by atoms with Gasteiger partial charge in [-0.2, -0.15) is 4.39 Å². The quantitative estimate of drug-likeness (QED) is 0.632. The number of nitrogens with two attached hydrogens (primary N) is 1. The third-order valence-corrected chi connectivity index (χ3v) is 1.19. The van der Waals surface area contributed by atoms with Crippen LogP contribution in [0, 0.1) is 5.95 Å². The zero-order chi connectivity index (χ0) is 6.85. The Morgan fingerprint density at radius 1 is 1.56 bits per heavy atom. The van der Waals surface area contributed by atoms with Crippen molar-refractivity contribution in [2.24, 2.45) is 0 Å². The van der Waals surface area contributed by atoms with Crippen molar-refractivity contribution < 1.29 is 4.39 Å². The van der Waals surface area contributed by atoms with E-state index in [0.717, 1.165) is 6.07 Å². The molecule has 2 N–H and O–H groups in total. The molecule has 0 spiro atoms. The van der Waals surface area contributed by atoms with E-state index in [-0.39, 0.29) is 0 Å². The van der Waals surface area contributed by atoms with E-state index in [1.54, 1.807) is 0 Å². The summed E-state index contributed by atoms with van der Waals surface area (Å²) in [6, 6.07) is 2.69. The average molecular weight is 191 g/mol. The monoisotopic (exact) mass is 190 g/mol. The van der Waals surface area contributed by atoms with E-state index >= 15 is 0 Å². The van der Waals surface area contributed by atoms with Gasteiger partial charge >= 0.3 is 0 Å². The van der Waals surface area contributed by atoms with Gasteiger partial charge < -0.3 is 5.73 Å². The Balaban J connectivity index is 3.17. The van der Waals surface area contributed by atoms with Crippen molar-refractivity contribution in [2.75, 3.05) is 5.73 Å². The topological polar surface area (TPSA) is 38.9 Å². The first-order chi connectivity index (χ1) is 4.18. The van der Waals surface area contributed by atoms with Gasteiger partial charge in [0.2, 0.25) is 5.95 Å². The van der Waals surface area contributed by atoms with E-state index < -0.39 is 5.95 Å². The number of nitrogen functional groups attached to an aromatic ring is 1. The van der Waals surface area contributed by atoms with Gasteiger partial charge in [0, 0.05) is 11.8 Å². The lowest BCUT2D eigenvalue weighted by molar-refractivity contribution is 0.582. The standard InChI is InChI=1S/C5H4BrFN2/c6-4-1-3(8)2-5(7)9-4/h1-2H,(H2,8,9). The summed E-state index contributed by atoms with van der Waals surface area (Å²) in [5.41, 5.74) is 5.62. The van der Waals surface area contributed by atoms with Crippen LogP contribution in [0.15, 0.2) is 16.7 Å². The Hall–Kier alpha value is -0.640. The minimum absolute atomic E-state index is 0.370. The zero-order valence-corrected chi connectivity index (χ0v) is 6.02. The predicted molar refractivity (Wildman–Crippen MR) is 36.3 cm³/mol. The van der Waals surface area contributed by atoms with Gasteiger partial charge in [0.15, 0.2) is 0 Å². The molecule has 0 aliphatic heterocycles. The first-order valence-corrected chi connectivity index (χ1v) is 3.06. The molecule has 4 heteroatoms. The van der Waals surface area contributed by atoms with Crippen LogP contribution in [0.5, 0.6) is 0 Å². The summed E-state index contributed by atoms with van der Waals surface area (Å²) in [5, 5.41) is 0. The van der Waals surface area contributed by atoms with Gasteiger partial charge in [-0.1, -0.05) is 0 Å². The van der Waals surface area contributed by atoms with Crippen molar-refractivity contribution >= 4 is 21.6 Å². The van der Waals surface area contributed by atoms with Crippen molar-refractivity contribution in [2.45, 2.75) is 0 Å². The first-order valence-electron chi connectivity index (χ1n) is 2.27. The number of hydrogen-bond donors (Lipinski definition) is 1. The molecule has 1 aromatic rings. The van der Waals surface area contributed by atoms with Gasteiger partial charge in [-0.15, -0.1) is 0 Å². The largest absolute Gasteiger partial charge is 0.399 e. The van der Waals surface area contributed by atoms with Crippen LogP contribution in [0.3, 0.4) is 0 Å². The maximum absolute atomic E-state index is 12.2. The molecule has 0 fully saturated rings. The summed E-state index contributed by atoms with van der Waals surface area (Å²) in [7, 11) is 0. The van der Waals surface area contributed by atoms with Crippen LogP contribution in [-0.4, -0.2) is 4.98 Å². The van der Waals surface area contributed by atoms with Crippen molar-refractivity contribution in [1.29, 1.82) is 0 Å². The van der Waals surface area contributed by atoms with Crippen LogP contribution in [0.2, 0.25) is 0 Å². The summed E-state index contributed by atoms with van der Waals surface area (Å²) in [6.45, 7) is 0. The van der Waals surface area contributed by atoms with E-state index in [1.807, 2.05) is 0 Å². The SMILES string of the molecule is Nc1cc(F)nc(Br)c1. The Bertz CT molecular complexity index is 176. The zero-order valence-electron chi connectivity index (χ0n) is 4.44. The van der Waals surface area contributed by atoms with Crippen molar-refractivity contribution in [3.63, 3.8) is 0 Å². The second-order valence-corrected chi connectivity index (χ2v) is 2.36. The summed E-state index contributed by atoms with van der Waals surface area (Å²) >= 11 is 2.98. The molecule has 0 radical (unpaired) electrons. The van der Waals surface area contributed by atoms with E-state index in [4.69, 9.17) is 5.73 Å². The Labute approximate surface area is 60.0 Å². The fraction of sp³-hybridized carbons (Fsp3) is 0. The summed E-state index contributed by atoms with van der Waals surface area (Å²) in [5.74, 6) is -0.568. The molecule has 48 valence electrons. The van der Waals surface area contributed by atoms with E-state index in [9.17, 15) is 4.39 Å². The number of pyridine rings is 1. The van der Waals surface area contributed by atoms with Gasteiger partial charge in [0.25, 0.3) is 0 Å². The smallest absolute Gasteiger partial charge is 0.215 e. The van der Waals surface area contributed by atoms with Crippen LogP contribution >= 0.6 is 15.9 Å². The fourth-order valence-corrected chi connectivity index (χ4v) is 0.917. The first kappa shape index (κ1) is 6.48. The van der Waals surface area contributed by atoms with Crippen molar-refractivity contribution in [3.05, 3.63) is 22.7 Å². The van der Waals surface area contributed by atoms with Crippen molar-refractivity contribution in [3.8, 4) is 0 Å². The third kappa shape index (κ3) is 1.64. The lowest BCUT2D eigenvalue weighted by Crippen LogP contribution is -1.89. The molecule has 1 rings (SSSR count). The number of nitrogens with zero attached hydrogens (tertiary/aromatic N) is 1. The minimum atomic E-state index is -0.568. The second-order valence-electron chi connectivity index (χ2n) is 1.55. The van der Waals surface area contributed by atoms with E-state index in [1.165, 1.54) is 6.07 Å². The fourth-order valence-electron chi connectivity index (χ4n) is 0.483. The lowest BCUT2D eigenvalue weighted by Gasteiger charge is -1.92. The Morgan fingerprint density at radius 3 is 2.67 bits per heavy atom. The normalized spacial score (nSPS) is 9.56. The molecular formula is C5H4BrFN2. The maximum atomic E-state index is 12.2. The molecule has 1 aromatic heterocycles. The molecule has 0 unspecified atom stereocenters. The molecule has 0 aliphatic rings. The Morgan fingerprint density at radius 2 is 2.22 bits per heavy atom. The predicted octanol–water partition coefficient (Wildman–Crippen LogP) is 1.57. The van der Waals surface area contributed by atoms with Gasteiger partial charge in [-0.3, -0.25) is 0 Å². The molecule has 0 atom stereocenters. The molecule has 0 amide bonds. The minimum Gasteiger partial charge on any atom is -0.399 e. The molecule has 0 aliphatic carbocycles.